The van der Waals surface area contributed by atoms with Crippen molar-refractivity contribution in [3.8, 4) is 0 Å². The predicted octanol–water partition coefficient (Wildman–Crippen LogP) is 1.17. The molecule has 3 aliphatic rings. The molecule has 4 N–H and O–H groups in total. The van der Waals surface area contributed by atoms with Crippen molar-refractivity contribution in [1.29, 1.82) is 0 Å². The summed E-state index contributed by atoms with van der Waals surface area (Å²) in [5.74, 6) is 0.847. The first-order valence-electron chi connectivity index (χ1n) is 8.15. The third-order valence-electron chi connectivity index (χ3n) is 4.98. The SMILES string of the molecule is NC1C=CC(CC2CCN(C3CCNCC3)CC2)=CN1. The van der Waals surface area contributed by atoms with Crippen LogP contribution in [0.15, 0.2) is 23.9 Å². The van der Waals surface area contributed by atoms with Gasteiger partial charge in [0, 0.05) is 12.2 Å². The Balaban J connectivity index is 1.43. The maximum atomic E-state index is 5.78. The van der Waals surface area contributed by atoms with Gasteiger partial charge >= 0.3 is 0 Å². The van der Waals surface area contributed by atoms with E-state index in [1.165, 1.54) is 63.9 Å². The average molecular weight is 276 g/mol. The van der Waals surface area contributed by atoms with Gasteiger partial charge in [-0.1, -0.05) is 6.08 Å². The Bertz CT molecular complexity index is 363. The summed E-state index contributed by atoms with van der Waals surface area (Å²) in [6, 6.07) is 0.839. The first kappa shape index (κ1) is 14.1. The van der Waals surface area contributed by atoms with Crippen molar-refractivity contribution in [2.75, 3.05) is 26.2 Å². The second kappa shape index (κ2) is 6.74. The topological polar surface area (TPSA) is 53.3 Å². The molecule has 2 saturated heterocycles. The van der Waals surface area contributed by atoms with Crippen LogP contribution in [-0.4, -0.2) is 43.3 Å². The number of rotatable bonds is 3. The van der Waals surface area contributed by atoms with Gasteiger partial charge in [0.1, 0.15) is 0 Å². The van der Waals surface area contributed by atoms with E-state index in [-0.39, 0.29) is 6.17 Å². The van der Waals surface area contributed by atoms with Crippen LogP contribution in [0, 0.1) is 5.92 Å². The highest BCUT2D eigenvalue weighted by atomic mass is 15.2. The third kappa shape index (κ3) is 3.62. The Morgan fingerprint density at radius 3 is 2.55 bits per heavy atom. The van der Waals surface area contributed by atoms with Crippen molar-refractivity contribution in [3.63, 3.8) is 0 Å². The summed E-state index contributed by atoms with van der Waals surface area (Å²) in [5.41, 5.74) is 7.19. The van der Waals surface area contributed by atoms with E-state index < -0.39 is 0 Å². The molecule has 4 nitrogen and oxygen atoms in total. The van der Waals surface area contributed by atoms with Crippen molar-refractivity contribution in [3.05, 3.63) is 23.9 Å². The largest absolute Gasteiger partial charge is 0.372 e. The summed E-state index contributed by atoms with van der Waals surface area (Å²) in [4.78, 5) is 2.73. The van der Waals surface area contributed by atoms with Gasteiger partial charge in [-0.2, -0.15) is 0 Å². The van der Waals surface area contributed by atoms with Crippen molar-refractivity contribution in [2.45, 2.75) is 44.3 Å². The van der Waals surface area contributed by atoms with Gasteiger partial charge in [-0.25, -0.2) is 0 Å². The fourth-order valence-electron chi connectivity index (χ4n) is 3.69. The molecule has 4 heteroatoms. The second-order valence-electron chi connectivity index (χ2n) is 6.44. The predicted molar refractivity (Wildman–Crippen MR) is 83.1 cm³/mol. The molecule has 20 heavy (non-hydrogen) atoms. The van der Waals surface area contributed by atoms with E-state index in [2.05, 4.69) is 33.9 Å². The molecule has 0 amide bonds. The highest BCUT2D eigenvalue weighted by molar-refractivity contribution is 5.23. The lowest BCUT2D eigenvalue weighted by Gasteiger charge is -2.39. The highest BCUT2D eigenvalue weighted by Gasteiger charge is 2.26. The van der Waals surface area contributed by atoms with Crippen LogP contribution in [0.3, 0.4) is 0 Å². The molecule has 0 saturated carbocycles. The molecule has 0 bridgehead atoms. The number of likely N-dealkylation sites (tertiary alicyclic amines) is 1. The molecule has 0 aliphatic carbocycles. The van der Waals surface area contributed by atoms with Crippen LogP contribution in [0.2, 0.25) is 0 Å². The number of nitrogens with one attached hydrogen (secondary N) is 2. The minimum Gasteiger partial charge on any atom is -0.372 e. The summed E-state index contributed by atoms with van der Waals surface area (Å²) in [6.45, 7) is 4.99. The van der Waals surface area contributed by atoms with Crippen LogP contribution >= 0.6 is 0 Å². The first-order chi connectivity index (χ1) is 9.81. The Morgan fingerprint density at radius 1 is 1.15 bits per heavy atom. The number of dihydropyridines is 1. The van der Waals surface area contributed by atoms with Gasteiger partial charge in [0.2, 0.25) is 0 Å². The quantitative estimate of drug-likeness (QED) is 0.724. The zero-order valence-corrected chi connectivity index (χ0v) is 12.4. The molecule has 0 radical (unpaired) electrons. The van der Waals surface area contributed by atoms with Crippen molar-refractivity contribution < 1.29 is 0 Å². The normalized spacial score (nSPS) is 30.1. The zero-order valence-electron chi connectivity index (χ0n) is 12.4. The number of nitrogens with two attached hydrogens (primary N) is 1. The summed E-state index contributed by atoms with van der Waals surface area (Å²) in [5, 5.41) is 6.66. The van der Waals surface area contributed by atoms with Crippen LogP contribution in [-0.2, 0) is 0 Å². The van der Waals surface area contributed by atoms with E-state index in [4.69, 9.17) is 5.73 Å². The molecule has 3 heterocycles. The second-order valence-corrected chi connectivity index (χ2v) is 6.44. The molecule has 3 aliphatic heterocycles. The van der Waals surface area contributed by atoms with E-state index in [1.807, 2.05) is 0 Å². The monoisotopic (exact) mass is 276 g/mol. The molecular formula is C16H28N4. The Kier molecular flexibility index (Phi) is 4.76. The van der Waals surface area contributed by atoms with E-state index in [0.29, 0.717) is 0 Å². The molecule has 1 unspecified atom stereocenters. The van der Waals surface area contributed by atoms with Gasteiger partial charge in [-0.15, -0.1) is 0 Å². The van der Waals surface area contributed by atoms with E-state index >= 15 is 0 Å². The van der Waals surface area contributed by atoms with Crippen LogP contribution in [0.25, 0.3) is 0 Å². The van der Waals surface area contributed by atoms with Crippen LogP contribution in [0.5, 0.6) is 0 Å². The molecule has 0 aromatic carbocycles. The Hall–Kier alpha value is -0.840. The maximum absolute atomic E-state index is 5.78. The summed E-state index contributed by atoms with van der Waals surface area (Å²) in [6.07, 6.45) is 12.9. The standard InChI is InChI=1S/C16H28N4/c17-16-2-1-14(12-19-16)11-13-5-9-20(10-6-13)15-3-7-18-8-4-15/h1-2,12-13,15-16,18-19H,3-11,17H2. The smallest absolute Gasteiger partial charge is 0.0934 e. The molecule has 0 aromatic heterocycles. The van der Waals surface area contributed by atoms with Crippen LogP contribution in [0.4, 0.5) is 0 Å². The van der Waals surface area contributed by atoms with Gasteiger partial charge in [-0.05, 0) is 75.9 Å². The van der Waals surface area contributed by atoms with Crippen LogP contribution in [0.1, 0.15) is 32.1 Å². The molecule has 1 atom stereocenters. The fraction of sp³-hybridized carbons (Fsp3) is 0.750. The van der Waals surface area contributed by atoms with Gasteiger partial charge in [0.15, 0.2) is 0 Å². The van der Waals surface area contributed by atoms with E-state index in [0.717, 1.165) is 12.0 Å². The maximum Gasteiger partial charge on any atom is 0.0934 e. The third-order valence-corrected chi connectivity index (χ3v) is 4.98. The molecule has 3 rings (SSSR count). The number of allylic oxidation sites excluding steroid dienone is 2. The molecule has 2 fully saturated rings. The van der Waals surface area contributed by atoms with Crippen LogP contribution < -0.4 is 16.4 Å². The lowest BCUT2D eigenvalue weighted by atomic mass is 9.88. The minimum atomic E-state index is 0.000471. The van der Waals surface area contributed by atoms with Crippen molar-refractivity contribution in [1.82, 2.24) is 15.5 Å². The minimum absolute atomic E-state index is 0.000471. The number of nitrogens with zero attached hydrogens (tertiary/aromatic N) is 1. The number of piperidine rings is 2. The molecular weight excluding hydrogens is 248 g/mol. The van der Waals surface area contributed by atoms with Gasteiger partial charge < -0.3 is 21.3 Å². The summed E-state index contributed by atoms with van der Waals surface area (Å²) >= 11 is 0. The number of hydrogen-bond acceptors (Lipinski definition) is 4. The zero-order chi connectivity index (χ0) is 13.8. The van der Waals surface area contributed by atoms with Crippen molar-refractivity contribution in [2.24, 2.45) is 11.7 Å². The average Bonchev–Trinajstić information content (AvgIpc) is 2.51. The van der Waals surface area contributed by atoms with Gasteiger partial charge in [0.25, 0.3) is 0 Å². The first-order valence-corrected chi connectivity index (χ1v) is 8.15. The molecule has 0 aromatic rings. The van der Waals surface area contributed by atoms with E-state index in [1.54, 1.807) is 0 Å². The molecule has 112 valence electrons. The van der Waals surface area contributed by atoms with Gasteiger partial charge in [0.05, 0.1) is 6.17 Å². The van der Waals surface area contributed by atoms with Crippen molar-refractivity contribution >= 4 is 0 Å². The summed E-state index contributed by atoms with van der Waals surface area (Å²) < 4.78 is 0. The Morgan fingerprint density at radius 2 is 1.90 bits per heavy atom. The number of hydrogen-bond donors (Lipinski definition) is 3. The lowest BCUT2D eigenvalue weighted by Crippen LogP contribution is -2.46. The highest BCUT2D eigenvalue weighted by Crippen LogP contribution is 2.27. The van der Waals surface area contributed by atoms with Gasteiger partial charge in [-0.3, -0.25) is 0 Å². The fourth-order valence-corrected chi connectivity index (χ4v) is 3.69. The molecule has 0 spiro atoms. The summed E-state index contributed by atoms with van der Waals surface area (Å²) in [7, 11) is 0. The lowest BCUT2D eigenvalue weighted by molar-refractivity contribution is 0.111. The Labute approximate surface area is 122 Å². The van der Waals surface area contributed by atoms with E-state index in [9.17, 15) is 0 Å².